The summed E-state index contributed by atoms with van der Waals surface area (Å²) in [6, 6.07) is 33.8. The minimum absolute atomic E-state index is 1.11. The molecule has 1 N–H and O–H groups in total. The van der Waals surface area contributed by atoms with Crippen LogP contribution in [-0.2, 0) is 0 Å². The van der Waals surface area contributed by atoms with Gasteiger partial charge in [0.1, 0.15) is 0 Å². The Kier molecular flexibility index (Phi) is 4.53. The minimum Gasteiger partial charge on any atom is -0.355 e. The van der Waals surface area contributed by atoms with Crippen molar-refractivity contribution in [1.29, 1.82) is 0 Å². The third-order valence-corrected chi connectivity index (χ3v) is 4.62. The highest BCUT2D eigenvalue weighted by Crippen LogP contribution is 2.29. The molecule has 0 atom stereocenters. The van der Waals surface area contributed by atoms with E-state index in [0.29, 0.717) is 0 Å². The van der Waals surface area contributed by atoms with E-state index >= 15 is 0 Å². The normalized spacial score (nSPS) is 11.5. The zero-order valence-electron chi connectivity index (χ0n) is 14.8. The van der Waals surface area contributed by atoms with Gasteiger partial charge in [0, 0.05) is 16.8 Å². The predicted molar refractivity (Wildman–Crippen MR) is 114 cm³/mol. The second-order valence-corrected chi connectivity index (χ2v) is 6.43. The number of hydrogen-bond donors (Lipinski definition) is 1. The monoisotopic (exact) mass is 335 g/mol. The fraction of sp³-hybridized carbons (Fsp3) is 0.0400. The third-order valence-electron chi connectivity index (χ3n) is 4.62. The molecular formula is C25H21N. The van der Waals surface area contributed by atoms with E-state index in [4.69, 9.17) is 0 Å². The number of allylic oxidation sites excluding steroid dienone is 1. The highest BCUT2D eigenvalue weighted by atomic mass is 14.9. The Morgan fingerprint density at radius 2 is 1.31 bits per heavy atom. The van der Waals surface area contributed by atoms with Crippen molar-refractivity contribution in [2.75, 3.05) is 5.32 Å². The molecule has 0 heterocycles. The van der Waals surface area contributed by atoms with Crippen molar-refractivity contribution in [3.63, 3.8) is 0 Å². The molecule has 0 fully saturated rings. The van der Waals surface area contributed by atoms with Gasteiger partial charge in [-0.1, -0.05) is 84.9 Å². The van der Waals surface area contributed by atoms with Gasteiger partial charge in [0.15, 0.2) is 0 Å². The third kappa shape index (κ3) is 3.38. The van der Waals surface area contributed by atoms with Crippen molar-refractivity contribution >= 4 is 33.8 Å². The first-order valence-electron chi connectivity index (χ1n) is 8.89. The maximum Gasteiger partial charge on any atom is 0.0464 e. The van der Waals surface area contributed by atoms with Crippen molar-refractivity contribution in [2.45, 2.75) is 6.92 Å². The lowest BCUT2D eigenvalue weighted by molar-refractivity contribution is 1.54. The summed E-state index contributed by atoms with van der Waals surface area (Å²) < 4.78 is 0. The number of anilines is 2. The summed E-state index contributed by atoms with van der Waals surface area (Å²) in [7, 11) is 0. The summed E-state index contributed by atoms with van der Waals surface area (Å²) >= 11 is 0. The molecule has 4 aromatic carbocycles. The molecule has 0 saturated carbocycles. The van der Waals surface area contributed by atoms with Gasteiger partial charge in [0.2, 0.25) is 0 Å². The molecule has 126 valence electrons. The quantitative estimate of drug-likeness (QED) is 0.391. The van der Waals surface area contributed by atoms with Crippen molar-refractivity contribution in [3.8, 4) is 0 Å². The van der Waals surface area contributed by atoms with Crippen LogP contribution in [0.5, 0.6) is 0 Å². The van der Waals surface area contributed by atoms with E-state index in [1.165, 1.54) is 27.5 Å². The van der Waals surface area contributed by atoms with Gasteiger partial charge in [-0.3, -0.25) is 0 Å². The maximum absolute atomic E-state index is 3.63. The van der Waals surface area contributed by atoms with Crippen LogP contribution in [0, 0.1) is 0 Å². The van der Waals surface area contributed by atoms with E-state index in [-0.39, 0.29) is 0 Å². The lowest BCUT2D eigenvalue weighted by Crippen LogP contribution is -1.94. The smallest absolute Gasteiger partial charge is 0.0464 e. The molecule has 0 bridgehead atoms. The molecule has 1 nitrogen and oxygen atoms in total. The van der Waals surface area contributed by atoms with Gasteiger partial charge in [0.25, 0.3) is 0 Å². The van der Waals surface area contributed by atoms with Crippen molar-refractivity contribution < 1.29 is 0 Å². The molecule has 0 spiro atoms. The van der Waals surface area contributed by atoms with Crippen LogP contribution < -0.4 is 5.32 Å². The SMILES string of the molecule is CC(=Cc1ccccc1Nc1cccc2ccccc12)c1ccccc1. The summed E-state index contributed by atoms with van der Waals surface area (Å²) in [6.07, 6.45) is 2.24. The standard InChI is InChI=1S/C25H21N/c1-19(20-10-3-2-4-11-20)18-22-13-6-8-16-24(22)26-25-17-9-14-21-12-5-7-15-23(21)25/h2-18,26H,1H3. The molecule has 0 amide bonds. The van der Waals surface area contributed by atoms with Crippen LogP contribution in [0.1, 0.15) is 18.1 Å². The predicted octanol–water partition coefficient (Wildman–Crippen LogP) is 7.14. The highest BCUT2D eigenvalue weighted by Gasteiger charge is 2.04. The lowest BCUT2D eigenvalue weighted by atomic mass is 10.0. The molecule has 4 aromatic rings. The Morgan fingerprint density at radius 3 is 2.19 bits per heavy atom. The molecule has 0 aliphatic rings. The Bertz CT molecular complexity index is 1060. The number of nitrogens with one attached hydrogen (secondary N) is 1. The molecule has 0 saturated heterocycles. The second-order valence-electron chi connectivity index (χ2n) is 6.43. The Hall–Kier alpha value is -3.32. The summed E-state index contributed by atoms with van der Waals surface area (Å²) in [4.78, 5) is 0. The highest BCUT2D eigenvalue weighted by molar-refractivity contribution is 5.96. The fourth-order valence-electron chi connectivity index (χ4n) is 3.23. The van der Waals surface area contributed by atoms with Gasteiger partial charge >= 0.3 is 0 Å². The molecule has 0 unspecified atom stereocenters. The van der Waals surface area contributed by atoms with Gasteiger partial charge in [0.05, 0.1) is 0 Å². The van der Waals surface area contributed by atoms with Crippen LogP contribution in [0.15, 0.2) is 97.1 Å². The molecule has 0 aliphatic carbocycles. The number of fused-ring (bicyclic) bond motifs is 1. The molecule has 26 heavy (non-hydrogen) atoms. The molecule has 0 aliphatic heterocycles. The number of benzene rings is 4. The van der Waals surface area contributed by atoms with Crippen LogP contribution in [-0.4, -0.2) is 0 Å². The molecule has 1 heteroatoms. The minimum atomic E-state index is 1.11. The summed E-state index contributed by atoms with van der Waals surface area (Å²) in [5.41, 5.74) is 5.91. The Morgan fingerprint density at radius 1 is 0.654 bits per heavy atom. The van der Waals surface area contributed by atoms with Crippen LogP contribution >= 0.6 is 0 Å². The second kappa shape index (κ2) is 7.28. The van der Waals surface area contributed by atoms with Gasteiger partial charge in [-0.15, -0.1) is 0 Å². The van der Waals surface area contributed by atoms with E-state index in [1.54, 1.807) is 0 Å². The zero-order valence-corrected chi connectivity index (χ0v) is 14.8. The van der Waals surface area contributed by atoms with E-state index < -0.39 is 0 Å². The lowest BCUT2D eigenvalue weighted by Gasteiger charge is -2.13. The van der Waals surface area contributed by atoms with Crippen LogP contribution in [0.3, 0.4) is 0 Å². The van der Waals surface area contributed by atoms with E-state index in [9.17, 15) is 0 Å². The topological polar surface area (TPSA) is 12.0 Å². The molecule has 4 rings (SSSR count). The van der Waals surface area contributed by atoms with E-state index in [1.807, 2.05) is 6.07 Å². The number of hydrogen-bond acceptors (Lipinski definition) is 1. The van der Waals surface area contributed by atoms with Crippen molar-refractivity contribution in [1.82, 2.24) is 0 Å². The maximum atomic E-state index is 3.63. The average molecular weight is 335 g/mol. The van der Waals surface area contributed by atoms with Crippen molar-refractivity contribution in [2.24, 2.45) is 0 Å². The Balaban J connectivity index is 1.72. The van der Waals surface area contributed by atoms with Crippen LogP contribution in [0.4, 0.5) is 11.4 Å². The van der Waals surface area contributed by atoms with E-state index in [0.717, 1.165) is 11.4 Å². The summed E-state index contributed by atoms with van der Waals surface area (Å²) in [6.45, 7) is 2.16. The van der Waals surface area contributed by atoms with Crippen molar-refractivity contribution in [3.05, 3.63) is 108 Å². The molecule has 0 aromatic heterocycles. The number of rotatable bonds is 4. The summed E-state index contributed by atoms with van der Waals surface area (Å²) in [5.74, 6) is 0. The first-order valence-corrected chi connectivity index (χ1v) is 8.89. The van der Waals surface area contributed by atoms with E-state index in [2.05, 4.69) is 109 Å². The Labute approximate surface area is 154 Å². The van der Waals surface area contributed by atoms with Gasteiger partial charge < -0.3 is 5.32 Å². The van der Waals surface area contributed by atoms with Gasteiger partial charge in [-0.25, -0.2) is 0 Å². The van der Waals surface area contributed by atoms with Gasteiger partial charge in [-0.2, -0.15) is 0 Å². The van der Waals surface area contributed by atoms with Crippen LogP contribution in [0.2, 0.25) is 0 Å². The van der Waals surface area contributed by atoms with Crippen LogP contribution in [0.25, 0.3) is 22.4 Å². The molecule has 0 radical (unpaired) electrons. The summed E-state index contributed by atoms with van der Waals surface area (Å²) in [5, 5.41) is 6.10. The zero-order chi connectivity index (χ0) is 17.8. The fourth-order valence-corrected chi connectivity index (χ4v) is 3.23. The van der Waals surface area contributed by atoms with Gasteiger partial charge in [-0.05, 0) is 47.2 Å². The average Bonchev–Trinajstić information content (AvgIpc) is 2.70. The molecular weight excluding hydrogens is 314 g/mol. The first-order chi connectivity index (χ1) is 12.8. The first kappa shape index (κ1) is 16.2. The largest absolute Gasteiger partial charge is 0.355 e. The number of para-hydroxylation sites is 1.